The van der Waals surface area contributed by atoms with E-state index in [1.54, 1.807) is 26.2 Å². The third-order valence-electron chi connectivity index (χ3n) is 2.05. The molecule has 2 amide bonds. The molecular formula is C11H14N2O3. The minimum atomic E-state index is -1.06. The molecule has 5 heteroatoms. The van der Waals surface area contributed by atoms with E-state index in [9.17, 15) is 9.59 Å². The Kier molecular flexibility index (Phi) is 3.50. The van der Waals surface area contributed by atoms with Gasteiger partial charge in [-0.25, -0.2) is 9.59 Å². The number of hydrogen-bond donors (Lipinski definition) is 2. The number of nitrogens with one attached hydrogen (secondary N) is 1. The first kappa shape index (κ1) is 12.0. The van der Waals surface area contributed by atoms with Crippen molar-refractivity contribution in [1.82, 2.24) is 4.90 Å². The highest BCUT2D eigenvalue weighted by atomic mass is 16.4. The van der Waals surface area contributed by atoms with Crippen LogP contribution in [-0.4, -0.2) is 36.1 Å². The van der Waals surface area contributed by atoms with E-state index in [-0.39, 0.29) is 11.6 Å². The van der Waals surface area contributed by atoms with Crippen LogP contribution in [0.2, 0.25) is 0 Å². The summed E-state index contributed by atoms with van der Waals surface area (Å²) in [6.45, 7) is 1.83. The predicted octanol–water partition coefficient (Wildman–Crippen LogP) is 1.79. The first-order chi connectivity index (χ1) is 7.41. The van der Waals surface area contributed by atoms with Crippen LogP contribution in [0.25, 0.3) is 0 Å². The summed E-state index contributed by atoms with van der Waals surface area (Å²) in [6.07, 6.45) is 0. The maximum atomic E-state index is 11.4. The zero-order chi connectivity index (χ0) is 12.3. The van der Waals surface area contributed by atoms with Crippen molar-refractivity contribution in [2.24, 2.45) is 0 Å². The second kappa shape index (κ2) is 4.65. The molecule has 0 unspecified atom stereocenters. The summed E-state index contributed by atoms with van der Waals surface area (Å²) >= 11 is 0. The summed E-state index contributed by atoms with van der Waals surface area (Å²) in [5, 5.41) is 11.5. The number of amides is 2. The summed E-state index contributed by atoms with van der Waals surface area (Å²) in [4.78, 5) is 23.7. The number of urea groups is 1. The average molecular weight is 222 g/mol. The van der Waals surface area contributed by atoms with Gasteiger partial charge in [0.15, 0.2) is 0 Å². The molecule has 0 spiro atoms. The Hall–Kier alpha value is -2.04. The van der Waals surface area contributed by atoms with E-state index >= 15 is 0 Å². The molecule has 2 N–H and O–H groups in total. The van der Waals surface area contributed by atoms with Crippen molar-refractivity contribution in [3.05, 3.63) is 29.3 Å². The Morgan fingerprint density at radius 1 is 1.31 bits per heavy atom. The Morgan fingerprint density at radius 2 is 1.94 bits per heavy atom. The van der Waals surface area contributed by atoms with Gasteiger partial charge in [-0.3, -0.25) is 0 Å². The SMILES string of the molecule is Cc1ccc(C(=O)O)c(NC(=O)N(C)C)c1. The molecule has 5 nitrogen and oxygen atoms in total. The van der Waals surface area contributed by atoms with Crippen LogP contribution in [0.1, 0.15) is 15.9 Å². The van der Waals surface area contributed by atoms with E-state index in [4.69, 9.17) is 5.11 Å². The van der Waals surface area contributed by atoms with Crippen molar-refractivity contribution in [2.45, 2.75) is 6.92 Å². The molecule has 0 atom stereocenters. The number of aromatic carboxylic acids is 1. The lowest BCUT2D eigenvalue weighted by Gasteiger charge is -2.14. The van der Waals surface area contributed by atoms with E-state index in [2.05, 4.69) is 5.32 Å². The molecular weight excluding hydrogens is 208 g/mol. The van der Waals surface area contributed by atoms with Crippen molar-refractivity contribution in [2.75, 3.05) is 19.4 Å². The van der Waals surface area contributed by atoms with Gasteiger partial charge in [-0.05, 0) is 24.6 Å². The van der Waals surface area contributed by atoms with Crippen LogP contribution in [0.3, 0.4) is 0 Å². The van der Waals surface area contributed by atoms with Crippen molar-refractivity contribution in [3.63, 3.8) is 0 Å². The van der Waals surface area contributed by atoms with E-state index in [0.717, 1.165) is 5.56 Å². The zero-order valence-corrected chi connectivity index (χ0v) is 9.44. The van der Waals surface area contributed by atoms with Gasteiger partial charge in [0.05, 0.1) is 11.3 Å². The van der Waals surface area contributed by atoms with Crippen LogP contribution in [0.15, 0.2) is 18.2 Å². The smallest absolute Gasteiger partial charge is 0.337 e. The fourth-order valence-electron chi connectivity index (χ4n) is 1.18. The van der Waals surface area contributed by atoms with E-state index in [1.165, 1.54) is 11.0 Å². The topological polar surface area (TPSA) is 69.6 Å². The predicted molar refractivity (Wildman–Crippen MR) is 60.8 cm³/mol. The fraction of sp³-hybridized carbons (Fsp3) is 0.273. The number of carbonyl (C=O) groups excluding carboxylic acids is 1. The van der Waals surface area contributed by atoms with Gasteiger partial charge in [0.2, 0.25) is 0 Å². The highest BCUT2D eigenvalue weighted by molar-refractivity contribution is 6.00. The lowest BCUT2D eigenvalue weighted by atomic mass is 10.1. The van der Waals surface area contributed by atoms with Crippen LogP contribution in [-0.2, 0) is 0 Å². The number of nitrogens with zero attached hydrogens (tertiary/aromatic N) is 1. The Labute approximate surface area is 93.7 Å². The molecule has 0 saturated heterocycles. The minimum Gasteiger partial charge on any atom is -0.478 e. The number of carbonyl (C=O) groups is 2. The average Bonchev–Trinajstić information content (AvgIpc) is 2.16. The molecule has 0 aliphatic rings. The lowest BCUT2D eigenvalue weighted by Crippen LogP contribution is -2.28. The molecule has 1 aromatic carbocycles. The molecule has 0 radical (unpaired) electrons. The van der Waals surface area contributed by atoms with Crippen molar-refractivity contribution in [1.29, 1.82) is 0 Å². The van der Waals surface area contributed by atoms with Crippen molar-refractivity contribution in [3.8, 4) is 0 Å². The highest BCUT2D eigenvalue weighted by Gasteiger charge is 2.13. The third-order valence-corrected chi connectivity index (χ3v) is 2.05. The summed E-state index contributed by atoms with van der Waals surface area (Å²) in [5.74, 6) is -1.06. The molecule has 0 heterocycles. The maximum Gasteiger partial charge on any atom is 0.337 e. The molecule has 86 valence electrons. The number of carboxylic acid groups (broad SMARTS) is 1. The largest absolute Gasteiger partial charge is 0.478 e. The standard InChI is InChI=1S/C11H14N2O3/c1-7-4-5-8(10(14)15)9(6-7)12-11(16)13(2)3/h4-6H,1-3H3,(H,12,16)(H,14,15). The number of anilines is 1. The first-order valence-corrected chi connectivity index (χ1v) is 4.74. The third kappa shape index (κ3) is 2.73. The second-order valence-electron chi connectivity index (χ2n) is 3.68. The Bertz CT molecular complexity index is 427. The van der Waals surface area contributed by atoms with Crippen LogP contribution < -0.4 is 5.32 Å². The fourth-order valence-corrected chi connectivity index (χ4v) is 1.18. The van der Waals surface area contributed by atoms with Crippen LogP contribution >= 0.6 is 0 Å². The van der Waals surface area contributed by atoms with Crippen molar-refractivity contribution >= 4 is 17.7 Å². The van der Waals surface area contributed by atoms with E-state index in [1.807, 2.05) is 6.92 Å². The van der Waals surface area contributed by atoms with E-state index < -0.39 is 5.97 Å². The van der Waals surface area contributed by atoms with Gasteiger partial charge < -0.3 is 15.3 Å². The number of benzene rings is 1. The molecule has 0 aromatic heterocycles. The number of carboxylic acids is 1. The summed E-state index contributed by atoms with van der Waals surface area (Å²) in [6, 6.07) is 4.44. The molecule has 0 fully saturated rings. The summed E-state index contributed by atoms with van der Waals surface area (Å²) in [5.41, 5.74) is 1.28. The lowest BCUT2D eigenvalue weighted by molar-refractivity contribution is 0.0698. The van der Waals surface area contributed by atoms with Gasteiger partial charge in [0, 0.05) is 14.1 Å². The molecule has 1 aromatic rings. The summed E-state index contributed by atoms with van der Waals surface area (Å²) in [7, 11) is 3.18. The van der Waals surface area contributed by atoms with Gasteiger partial charge in [0.1, 0.15) is 0 Å². The molecule has 1 rings (SSSR count). The van der Waals surface area contributed by atoms with Gasteiger partial charge >= 0.3 is 12.0 Å². The van der Waals surface area contributed by atoms with Crippen LogP contribution in [0, 0.1) is 6.92 Å². The van der Waals surface area contributed by atoms with Gasteiger partial charge in [-0.1, -0.05) is 6.07 Å². The first-order valence-electron chi connectivity index (χ1n) is 4.74. The Morgan fingerprint density at radius 3 is 2.44 bits per heavy atom. The second-order valence-corrected chi connectivity index (χ2v) is 3.68. The zero-order valence-electron chi connectivity index (χ0n) is 9.44. The highest BCUT2D eigenvalue weighted by Crippen LogP contribution is 2.17. The van der Waals surface area contributed by atoms with Crippen LogP contribution in [0.4, 0.5) is 10.5 Å². The Balaban J connectivity index is 3.06. The van der Waals surface area contributed by atoms with Gasteiger partial charge in [-0.2, -0.15) is 0 Å². The quantitative estimate of drug-likeness (QED) is 0.801. The normalized spacial score (nSPS) is 9.69. The van der Waals surface area contributed by atoms with Crippen molar-refractivity contribution < 1.29 is 14.7 Å². The molecule has 0 aliphatic heterocycles. The number of aryl methyl sites for hydroxylation is 1. The van der Waals surface area contributed by atoms with E-state index in [0.29, 0.717) is 5.69 Å². The molecule has 16 heavy (non-hydrogen) atoms. The number of rotatable bonds is 2. The van der Waals surface area contributed by atoms with Crippen LogP contribution in [0.5, 0.6) is 0 Å². The van der Waals surface area contributed by atoms with Gasteiger partial charge in [-0.15, -0.1) is 0 Å². The maximum absolute atomic E-state index is 11.4. The molecule has 0 saturated carbocycles. The monoisotopic (exact) mass is 222 g/mol. The number of hydrogen-bond acceptors (Lipinski definition) is 2. The molecule has 0 bridgehead atoms. The minimum absolute atomic E-state index is 0.0841. The molecule has 0 aliphatic carbocycles. The van der Waals surface area contributed by atoms with Gasteiger partial charge in [0.25, 0.3) is 0 Å². The summed E-state index contributed by atoms with van der Waals surface area (Å²) < 4.78 is 0.